The number of anilines is 1. The third-order valence-corrected chi connectivity index (χ3v) is 7.19. The Labute approximate surface area is 207 Å². The van der Waals surface area contributed by atoms with E-state index in [-0.39, 0.29) is 36.8 Å². The Morgan fingerprint density at radius 3 is 2.58 bits per heavy atom. The lowest BCUT2D eigenvalue weighted by atomic mass is 9.94. The van der Waals surface area contributed by atoms with Crippen LogP contribution in [0.15, 0.2) is 42.5 Å². The quantitative estimate of drug-likeness (QED) is 0.642. The highest BCUT2D eigenvalue weighted by Gasteiger charge is 2.58. The highest BCUT2D eigenvalue weighted by atomic mass is 19.1. The van der Waals surface area contributed by atoms with Gasteiger partial charge in [0.1, 0.15) is 12.4 Å². The zero-order chi connectivity index (χ0) is 25.6. The Bertz CT molecular complexity index is 1250. The van der Waals surface area contributed by atoms with Crippen LogP contribution in [0.1, 0.15) is 36.5 Å². The van der Waals surface area contributed by atoms with Gasteiger partial charge in [-0.1, -0.05) is 25.1 Å². The smallest absolute Gasteiger partial charge is 0.418 e. The van der Waals surface area contributed by atoms with Crippen LogP contribution < -0.4 is 10.6 Å². The molecular formula is C26H27FN4O5. The fourth-order valence-electron chi connectivity index (χ4n) is 5.06. The van der Waals surface area contributed by atoms with Gasteiger partial charge < -0.3 is 20.3 Å². The van der Waals surface area contributed by atoms with Crippen LogP contribution >= 0.6 is 0 Å². The molecule has 188 valence electrons. The monoisotopic (exact) mass is 494 g/mol. The van der Waals surface area contributed by atoms with E-state index < -0.39 is 24.1 Å². The maximum atomic E-state index is 13.5. The highest BCUT2D eigenvalue weighted by molar-refractivity contribution is 6.06. The van der Waals surface area contributed by atoms with Crippen molar-refractivity contribution in [3.05, 3.63) is 65.0 Å². The maximum Gasteiger partial charge on any atom is 0.418 e. The molecule has 1 heterocycles. The zero-order valence-electron chi connectivity index (χ0n) is 20.0. The summed E-state index contributed by atoms with van der Waals surface area (Å²) in [6.07, 6.45) is 0.726. The molecule has 10 heteroatoms. The van der Waals surface area contributed by atoms with Crippen LogP contribution in [-0.4, -0.2) is 53.4 Å². The van der Waals surface area contributed by atoms with E-state index in [4.69, 9.17) is 4.74 Å². The van der Waals surface area contributed by atoms with Gasteiger partial charge in [-0.3, -0.25) is 9.59 Å². The van der Waals surface area contributed by atoms with Crippen molar-refractivity contribution in [2.45, 2.75) is 44.4 Å². The van der Waals surface area contributed by atoms with E-state index >= 15 is 0 Å². The van der Waals surface area contributed by atoms with Crippen molar-refractivity contribution in [2.24, 2.45) is 5.92 Å². The van der Waals surface area contributed by atoms with Gasteiger partial charge in [0.15, 0.2) is 0 Å². The standard InChI is InChI=1S/C26H27FN4O5/c1-15-11-21(15)30(13-16-3-5-18(27)6-4-16)22(32)14-31-23(33)26(36-25(31)35)10-9-17-12-19(7-8-20(17)26)29-24(34)28-2/h3-8,12,15,21H,9-11,13-14H2,1-2H3,(H2,28,29,34). The molecule has 5 amide bonds. The molecule has 1 saturated carbocycles. The predicted octanol–water partition coefficient (Wildman–Crippen LogP) is 3.13. The summed E-state index contributed by atoms with van der Waals surface area (Å²) in [5.74, 6) is -0.974. The number of aryl methyl sites for hydroxylation is 1. The molecule has 2 aromatic rings. The van der Waals surface area contributed by atoms with Crippen molar-refractivity contribution in [1.29, 1.82) is 0 Å². The molecular weight excluding hydrogens is 467 g/mol. The van der Waals surface area contributed by atoms with Gasteiger partial charge in [0.25, 0.3) is 5.91 Å². The van der Waals surface area contributed by atoms with Crippen molar-refractivity contribution in [3.8, 4) is 0 Å². The molecule has 0 bridgehead atoms. The molecule has 0 aromatic heterocycles. The molecule has 3 unspecified atom stereocenters. The number of nitrogens with zero attached hydrogens (tertiary/aromatic N) is 2. The molecule has 1 spiro atoms. The number of carbonyl (C=O) groups is 4. The van der Waals surface area contributed by atoms with Crippen LogP contribution in [0, 0.1) is 11.7 Å². The summed E-state index contributed by atoms with van der Waals surface area (Å²) in [5.41, 5.74) is 1.22. The average molecular weight is 495 g/mol. The number of hydrogen-bond donors (Lipinski definition) is 2. The second kappa shape index (κ2) is 8.92. The number of fused-ring (bicyclic) bond motifs is 2. The second-order valence-corrected chi connectivity index (χ2v) is 9.59. The zero-order valence-corrected chi connectivity index (χ0v) is 20.0. The van der Waals surface area contributed by atoms with Crippen LogP contribution in [0.3, 0.4) is 0 Å². The lowest BCUT2D eigenvalue weighted by Gasteiger charge is -2.25. The third-order valence-electron chi connectivity index (χ3n) is 7.19. The average Bonchev–Trinajstić information content (AvgIpc) is 3.40. The van der Waals surface area contributed by atoms with Crippen LogP contribution in [0.25, 0.3) is 0 Å². The van der Waals surface area contributed by atoms with E-state index in [9.17, 15) is 23.6 Å². The van der Waals surface area contributed by atoms with Gasteiger partial charge in [-0.2, -0.15) is 0 Å². The van der Waals surface area contributed by atoms with Crippen molar-refractivity contribution < 1.29 is 28.3 Å². The number of urea groups is 1. The summed E-state index contributed by atoms with van der Waals surface area (Å²) in [5, 5.41) is 5.16. The topological polar surface area (TPSA) is 108 Å². The molecule has 2 aromatic carbocycles. The molecule has 5 rings (SSSR count). The number of nitrogens with one attached hydrogen (secondary N) is 2. The molecule has 36 heavy (non-hydrogen) atoms. The Hall–Kier alpha value is -3.95. The van der Waals surface area contributed by atoms with Gasteiger partial charge in [-0.05, 0) is 54.2 Å². The SMILES string of the molecule is CNC(=O)Nc1ccc2c(c1)CCC21OC(=O)N(CC(=O)N(Cc2ccc(F)cc2)C2CC2C)C1=O. The van der Waals surface area contributed by atoms with E-state index in [0.29, 0.717) is 23.6 Å². The van der Waals surface area contributed by atoms with Crippen molar-refractivity contribution in [3.63, 3.8) is 0 Å². The number of imide groups is 1. The Balaban J connectivity index is 1.33. The molecule has 2 N–H and O–H groups in total. The molecule has 1 saturated heterocycles. The minimum atomic E-state index is -1.47. The molecule has 3 aliphatic rings. The van der Waals surface area contributed by atoms with E-state index in [1.54, 1.807) is 35.2 Å². The lowest BCUT2D eigenvalue weighted by Crippen LogP contribution is -2.45. The van der Waals surface area contributed by atoms with Crippen LogP contribution in [-0.2, 0) is 32.9 Å². The first-order valence-electron chi connectivity index (χ1n) is 11.9. The summed E-state index contributed by atoms with van der Waals surface area (Å²) >= 11 is 0. The number of benzene rings is 2. The summed E-state index contributed by atoms with van der Waals surface area (Å²) < 4.78 is 19.0. The van der Waals surface area contributed by atoms with Crippen LogP contribution in [0.5, 0.6) is 0 Å². The first-order chi connectivity index (χ1) is 17.2. The molecule has 0 radical (unpaired) electrons. The van der Waals surface area contributed by atoms with Crippen LogP contribution in [0.4, 0.5) is 19.7 Å². The normalized spacial score (nSPS) is 23.9. The second-order valence-electron chi connectivity index (χ2n) is 9.59. The highest BCUT2D eigenvalue weighted by Crippen LogP contribution is 2.46. The summed E-state index contributed by atoms with van der Waals surface area (Å²) in [7, 11) is 1.51. The van der Waals surface area contributed by atoms with E-state index in [2.05, 4.69) is 10.6 Å². The van der Waals surface area contributed by atoms with Gasteiger partial charge in [0, 0.05) is 37.3 Å². The number of carbonyl (C=O) groups excluding carboxylic acids is 4. The van der Waals surface area contributed by atoms with Gasteiger partial charge in [0.2, 0.25) is 11.5 Å². The number of rotatable bonds is 6. The van der Waals surface area contributed by atoms with E-state index in [0.717, 1.165) is 22.4 Å². The fourth-order valence-corrected chi connectivity index (χ4v) is 5.06. The minimum Gasteiger partial charge on any atom is -0.427 e. The Morgan fingerprint density at radius 2 is 1.92 bits per heavy atom. The molecule has 2 fully saturated rings. The first-order valence-corrected chi connectivity index (χ1v) is 11.9. The van der Waals surface area contributed by atoms with Gasteiger partial charge in [0.05, 0.1) is 0 Å². The van der Waals surface area contributed by atoms with E-state index in [1.165, 1.54) is 19.2 Å². The number of halogens is 1. The minimum absolute atomic E-state index is 0.00341. The number of amides is 5. The van der Waals surface area contributed by atoms with Crippen molar-refractivity contribution >= 4 is 29.6 Å². The van der Waals surface area contributed by atoms with E-state index in [1.807, 2.05) is 6.92 Å². The molecule has 9 nitrogen and oxygen atoms in total. The summed E-state index contributed by atoms with van der Waals surface area (Å²) in [4.78, 5) is 53.8. The third kappa shape index (κ3) is 4.16. The van der Waals surface area contributed by atoms with Gasteiger partial charge >= 0.3 is 12.1 Å². The number of hydrogen-bond acceptors (Lipinski definition) is 5. The fraction of sp³-hybridized carbons (Fsp3) is 0.385. The Kier molecular flexibility index (Phi) is 5.89. The lowest BCUT2D eigenvalue weighted by molar-refractivity contribution is -0.142. The van der Waals surface area contributed by atoms with Crippen molar-refractivity contribution in [2.75, 3.05) is 18.9 Å². The molecule has 2 aliphatic carbocycles. The largest absolute Gasteiger partial charge is 0.427 e. The Morgan fingerprint density at radius 1 is 1.19 bits per heavy atom. The number of ether oxygens (including phenoxy) is 1. The van der Waals surface area contributed by atoms with Gasteiger partial charge in [-0.25, -0.2) is 18.9 Å². The predicted molar refractivity (Wildman–Crippen MR) is 127 cm³/mol. The first kappa shape index (κ1) is 23.8. The van der Waals surface area contributed by atoms with Crippen LogP contribution in [0.2, 0.25) is 0 Å². The van der Waals surface area contributed by atoms with Crippen molar-refractivity contribution in [1.82, 2.24) is 15.1 Å². The summed E-state index contributed by atoms with van der Waals surface area (Å²) in [6.45, 7) is 1.87. The summed E-state index contributed by atoms with van der Waals surface area (Å²) in [6, 6.07) is 10.6. The maximum absolute atomic E-state index is 13.5. The molecule has 3 atom stereocenters. The molecule has 1 aliphatic heterocycles. The van der Waals surface area contributed by atoms with Gasteiger partial charge in [-0.15, -0.1) is 0 Å².